The number of nitrogens with one attached hydrogen (secondary N) is 1. The minimum atomic E-state index is -0.773. The topological polar surface area (TPSA) is 75.7 Å². The molecule has 3 aromatic rings. The number of carbonyl (C=O) groups excluding carboxylic acids is 3. The molecule has 0 saturated carbocycles. The monoisotopic (exact) mass is 504 g/mol. The molecule has 0 aliphatic carbocycles. The average molecular weight is 505 g/mol. The minimum Gasteiger partial charge on any atom is -0.488 e. The summed E-state index contributed by atoms with van der Waals surface area (Å²) in [5, 5.41) is 2.22. The number of urea groups is 1. The van der Waals surface area contributed by atoms with E-state index in [-0.39, 0.29) is 5.57 Å². The maximum absolute atomic E-state index is 13.0. The lowest BCUT2D eigenvalue weighted by molar-refractivity contribution is -0.122. The predicted octanol–water partition coefficient (Wildman–Crippen LogP) is 5.31. The molecule has 3 aromatic carbocycles. The third kappa shape index (κ3) is 5.04. The summed E-state index contributed by atoms with van der Waals surface area (Å²) < 4.78 is 6.62. The van der Waals surface area contributed by atoms with Crippen LogP contribution in [0.3, 0.4) is 0 Å². The van der Waals surface area contributed by atoms with Gasteiger partial charge in [-0.05, 0) is 71.2 Å². The fourth-order valence-corrected chi connectivity index (χ4v) is 4.18. The van der Waals surface area contributed by atoms with Crippen molar-refractivity contribution in [3.63, 3.8) is 0 Å². The number of rotatable bonds is 5. The Bertz CT molecular complexity index is 1260. The van der Waals surface area contributed by atoms with Crippen LogP contribution in [0.5, 0.6) is 5.75 Å². The van der Waals surface area contributed by atoms with Gasteiger partial charge in [-0.3, -0.25) is 14.9 Å². The molecule has 0 atom stereocenters. The molecule has 6 nitrogen and oxygen atoms in total. The molecule has 1 N–H and O–H groups in total. The quantitative estimate of drug-likeness (QED) is 0.377. The number of carbonyl (C=O) groups is 3. The number of aryl methyl sites for hydroxylation is 2. The van der Waals surface area contributed by atoms with E-state index in [9.17, 15) is 14.4 Å². The van der Waals surface area contributed by atoms with Gasteiger partial charge in [0.15, 0.2) is 0 Å². The largest absolute Gasteiger partial charge is 0.488 e. The van der Waals surface area contributed by atoms with E-state index >= 15 is 0 Å². The molecular weight excluding hydrogens is 484 g/mol. The van der Waals surface area contributed by atoms with Crippen LogP contribution in [-0.4, -0.2) is 17.8 Å². The normalized spacial score (nSPS) is 15.1. The summed E-state index contributed by atoms with van der Waals surface area (Å²) >= 11 is 3.50. The fourth-order valence-electron chi connectivity index (χ4n) is 3.67. The van der Waals surface area contributed by atoms with Crippen molar-refractivity contribution in [2.75, 3.05) is 4.90 Å². The Kier molecular flexibility index (Phi) is 6.42. The van der Waals surface area contributed by atoms with Crippen molar-refractivity contribution in [2.24, 2.45) is 0 Å². The van der Waals surface area contributed by atoms with E-state index in [0.717, 1.165) is 10.5 Å². The highest BCUT2D eigenvalue weighted by Gasteiger charge is 2.36. The number of hydrogen-bond donors (Lipinski definition) is 1. The molecule has 166 valence electrons. The molecule has 1 aliphatic heterocycles. The maximum Gasteiger partial charge on any atom is 0.335 e. The predicted molar refractivity (Wildman–Crippen MR) is 130 cm³/mol. The van der Waals surface area contributed by atoms with Gasteiger partial charge in [-0.25, -0.2) is 9.69 Å². The van der Waals surface area contributed by atoms with Crippen molar-refractivity contribution in [2.45, 2.75) is 20.5 Å². The number of barbiturate groups is 1. The fraction of sp³-hybridized carbons (Fsp3) is 0.115. The Morgan fingerprint density at radius 2 is 1.64 bits per heavy atom. The Labute approximate surface area is 200 Å². The molecular formula is C26H21BrN2O4. The third-order valence-corrected chi connectivity index (χ3v) is 5.68. The van der Waals surface area contributed by atoms with Crippen LogP contribution in [0.25, 0.3) is 6.08 Å². The van der Waals surface area contributed by atoms with Crippen LogP contribution in [0.15, 0.2) is 76.8 Å². The molecule has 0 bridgehead atoms. The van der Waals surface area contributed by atoms with E-state index in [1.165, 1.54) is 17.2 Å². The van der Waals surface area contributed by atoms with E-state index in [2.05, 4.69) is 39.4 Å². The summed E-state index contributed by atoms with van der Waals surface area (Å²) in [6, 6.07) is 19.2. The lowest BCUT2D eigenvalue weighted by atomic mass is 10.1. The molecule has 1 aliphatic rings. The number of nitrogens with zero attached hydrogens (tertiary/aromatic N) is 1. The molecule has 1 fully saturated rings. The zero-order valence-corrected chi connectivity index (χ0v) is 19.7. The van der Waals surface area contributed by atoms with Crippen molar-refractivity contribution >= 4 is 45.5 Å². The number of imide groups is 2. The van der Waals surface area contributed by atoms with Gasteiger partial charge in [0.2, 0.25) is 0 Å². The van der Waals surface area contributed by atoms with Crippen molar-refractivity contribution < 1.29 is 19.1 Å². The van der Waals surface area contributed by atoms with Crippen molar-refractivity contribution in [3.8, 4) is 5.75 Å². The van der Waals surface area contributed by atoms with E-state index in [1.54, 1.807) is 48.5 Å². The second-order valence-corrected chi connectivity index (χ2v) is 8.62. The van der Waals surface area contributed by atoms with Gasteiger partial charge >= 0.3 is 6.03 Å². The van der Waals surface area contributed by atoms with E-state index < -0.39 is 17.8 Å². The van der Waals surface area contributed by atoms with Crippen LogP contribution in [0, 0.1) is 13.8 Å². The minimum absolute atomic E-state index is 0.130. The summed E-state index contributed by atoms with van der Waals surface area (Å²) in [6.07, 6.45) is 1.46. The Hall–Kier alpha value is -3.71. The highest BCUT2D eigenvalue weighted by Crippen LogP contribution is 2.29. The number of amides is 4. The first-order chi connectivity index (χ1) is 15.8. The second kappa shape index (κ2) is 9.42. The highest BCUT2D eigenvalue weighted by atomic mass is 79.9. The second-order valence-electron chi connectivity index (χ2n) is 7.77. The summed E-state index contributed by atoms with van der Waals surface area (Å²) in [6.45, 7) is 4.50. The van der Waals surface area contributed by atoms with E-state index in [0.29, 0.717) is 28.1 Å². The van der Waals surface area contributed by atoms with Gasteiger partial charge in [0.1, 0.15) is 17.9 Å². The van der Waals surface area contributed by atoms with Crippen LogP contribution >= 0.6 is 15.9 Å². The number of benzene rings is 3. The number of ether oxygens (including phenoxy) is 1. The van der Waals surface area contributed by atoms with Gasteiger partial charge in [-0.1, -0.05) is 53.6 Å². The summed E-state index contributed by atoms with van der Waals surface area (Å²) in [5.41, 5.74) is 4.28. The molecule has 4 rings (SSSR count). The molecule has 0 spiro atoms. The molecule has 0 unspecified atom stereocenters. The standard InChI is InChI=1S/C26H21BrN2O4/c1-16-10-17(2)12-19(11-16)15-33-23-9-8-18(14-22(23)27)13-21-24(30)28-26(32)29(25(21)31)20-6-4-3-5-7-20/h3-14H,15H2,1-2H3,(H,28,30,32)/b21-13+. The molecule has 4 amide bonds. The summed E-state index contributed by atoms with van der Waals surface area (Å²) in [7, 11) is 0. The average Bonchev–Trinajstić information content (AvgIpc) is 2.76. The lowest BCUT2D eigenvalue weighted by Gasteiger charge is -2.26. The van der Waals surface area contributed by atoms with Crippen LogP contribution in [0.2, 0.25) is 0 Å². The SMILES string of the molecule is Cc1cc(C)cc(COc2ccc(/C=C3\C(=O)NC(=O)N(c4ccccc4)C3=O)cc2Br)c1. The Morgan fingerprint density at radius 3 is 2.30 bits per heavy atom. The van der Waals surface area contributed by atoms with Gasteiger partial charge in [-0.2, -0.15) is 0 Å². The van der Waals surface area contributed by atoms with Crippen LogP contribution < -0.4 is 15.0 Å². The highest BCUT2D eigenvalue weighted by molar-refractivity contribution is 9.10. The van der Waals surface area contributed by atoms with E-state index in [1.807, 2.05) is 13.8 Å². The Balaban J connectivity index is 1.55. The lowest BCUT2D eigenvalue weighted by Crippen LogP contribution is -2.54. The number of halogens is 1. The van der Waals surface area contributed by atoms with Crippen LogP contribution in [0.4, 0.5) is 10.5 Å². The molecule has 1 saturated heterocycles. The van der Waals surface area contributed by atoms with Crippen LogP contribution in [0.1, 0.15) is 22.3 Å². The summed E-state index contributed by atoms with van der Waals surface area (Å²) in [5.74, 6) is -0.776. The molecule has 7 heteroatoms. The molecule has 33 heavy (non-hydrogen) atoms. The van der Waals surface area contributed by atoms with Gasteiger partial charge < -0.3 is 4.74 Å². The van der Waals surface area contributed by atoms with Gasteiger partial charge in [0.05, 0.1) is 10.2 Å². The third-order valence-electron chi connectivity index (χ3n) is 5.06. The van der Waals surface area contributed by atoms with E-state index in [4.69, 9.17) is 4.74 Å². The maximum atomic E-state index is 13.0. The first kappa shape index (κ1) is 22.5. The van der Waals surface area contributed by atoms with Crippen molar-refractivity contribution in [3.05, 3.63) is 99.0 Å². The Morgan fingerprint density at radius 1 is 0.939 bits per heavy atom. The number of anilines is 1. The van der Waals surface area contributed by atoms with Crippen molar-refractivity contribution in [1.82, 2.24) is 5.32 Å². The molecule has 0 aromatic heterocycles. The molecule has 0 radical (unpaired) electrons. The van der Waals surface area contributed by atoms with Gasteiger partial charge in [0.25, 0.3) is 11.8 Å². The summed E-state index contributed by atoms with van der Waals surface area (Å²) in [4.78, 5) is 38.5. The zero-order chi connectivity index (χ0) is 23.5. The van der Waals surface area contributed by atoms with Gasteiger partial charge in [-0.15, -0.1) is 0 Å². The first-order valence-electron chi connectivity index (χ1n) is 10.3. The number of para-hydroxylation sites is 1. The van der Waals surface area contributed by atoms with Gasteiger partial charge in [0, 0.05) is 0 Å². The molecule has 1 heterocycles. The zero-order valence-electron chi connectivity index (χ0n) is 18.1. The van der Waals surface area contributed by atoms with Crippen LogP contribution in [-0.2, 0) is 16.2 Å². The van der Waals surface area contributed by atoms with Crippen molar-refractivity contribution in [1.29, 1.82) is 0 Å². The smallest absolute Gasteiger partial charge is 0.335 e. The first-order valence-corrected chi connectivity index (χ1v) is 11.1. The number of hydrogen-bond acceptors (Lipinski definition) is 4.